The number of carbonyl (C=O) groups is 3. The van der Waals surface area contributed by atoms with E-state index in [4.69, 9.17) is 26.8 Å². The van der Waals surface area contributed by atoms with E-state index in [9.17, 15) is 14.4 Å². The fourth-order valence-electron chi connectivity index (χ4n) is 1.56. The van der Waals surface area contributed by atoms with Crippen LogP contribution in [0.1, 0.15) is 13.8 Å². The first-order chi connectivity index (χ1) is 10.3. The van der Waals surface area contributed by atoms with Crippen LogP contribution in [0, 0.1) is 5.92 Å². The molecule has 0 aliphatic heterocycles. The lowest BCUT2D eigenvalue weighted by Gasteiger charge is -2.19. The van der Waals surface area contributed by atoms with Crippen LogP contribution in [0.15, 0.2) is 24.3 Å². The summed E-state index contributed by atoms with van der Waals surface area (Å²) >= 11 is 5.78. The van der Waals surface area contributed by atoms with Gasteiger partial charge in [0, 0.05) is 5.02 Å². The molecule has 0 aliphatic carbocycles. The van der Waals surface area contributed by atoms with Crippen LogP contribution >= 0.6 is 11.6 Å². The molecule has 0 aliphatic rings. The summed E-state index contributed by atoms with van der Waals surface area (Å²) < 4.78 is 10.2. The highest BCUT2D eigenvalue weighted by atomic mass is 35.5. The number of amides is 3. The summed E-state index contributed by atoms with van der Waals surface area (Å²) in [7, 11) is 0. The Balaban J connectivity index is 2.56. The number of rotatable bonds is 6. The molecule has 0 aromatic heterocycles. The Morgan fingerprint density at radius 1 is 1.32 bits per heavy atom. The van der Waals surface area contributed by atoms with Gasteiger partial charge in [0.1, 0.15) is 5.75 Å². The van der Waals surface area contributed by atoms with E-state index in [-0.39, 0.29) is 5.92 Å². The number of primary amides is 1. The minimum atomic E-state index is -1.14. The molecule has 1 rings (SSSR count). The van der Waals surface area contributed by atoms with Crippen molar-refractivity contribution in [3.05, 3.63) is 29.3 Å². The average molecular weight is 329 g/mol. The number of esters is 1. The standard InChI is InChI=1S/C14H17ClN2O5/c1-8(2)12(13(19)17-14(16)20)22-11(18)7-21-10-5-3-4-9(15)6-10/h3-6,8,12H,7H2,1-2H3,(H3,16,17,19,20)/t12-/m1/s1. The van der Waals surface area contributed by atoms with Gasteiger partial charge in [0.15, 0.2) is 12.7 Å². The highest BCUT2D eigenvalue weighted by Gasteiger charge is 2.27. The van der Waals surface area contributed by atoms with Crippen LogP contribution in [-0.2, 0) is 14.3 Å². The minimum Gasteiger partial charge on any atom is -0.482 e. The smallest absolute Gasteiger partial charge is 0.344 e. The molecule has 120 valence electrons. The highest BCUT2D eigenvalue weighted by molar-refractivity contribution is 6.30. The maximum absolute atomic E-state index is 11.7. The van der Waals surface area contributed by atoms with Gasteiger partial charge in [-0.1, -0.05) is 31.5 Å². The van der Waals surface area contributed by atoms with E-state index in [1.54, 1.807) is 32.0 Å². The SMILES string of the molecule is CC(C)[C@@H](OC(=O)COc1cccc(Cl)c1)C(=O)NC(N)=O. The van der Waals surface area contributed by atoms with Crippen molar-refractivity contribution in [3.63, 3.8) is 0 Å². The van der Waals surface area contributed by atoms with Gasteiger partial charge in [0.25, 0.3) is 5.91 Å². The Labute approximate surface area is 132 Å². The zero-order valence-electron chi connectivity index (χ0n) is 12.2. The normalized spacial score (nSPS) is 11.6. The van der Waals surface area contributed by atoms with E-state index in [2.05, 4.69) is 0 Å². The molecule has 0 saturated carbocycles. The Hall–Kier alpha value is -2.28. The summed E-state index contributed by atoms with van der Waals surface area (Å²) in [6.45, 7) is 2.93. The van der Waals surface area contributed by atoms with E-state index in [1.807, 2.05) is 5.32 Å². The van der Waals surface area contributed by atoms with E-state index >= 15 is 0 Å². The van der Waals surface area contributed by atoms with Gasteiger partial charge < -0.3 is 15.2 Å². The number of ether oxygens (including phenoxy) is 2. The number of urea groups is 1. The van der Waals surface area contributed by atoms with Crippen LogP contribution in [0.25, 0.3) is 0 Å². The number of imide groups is 1. The van der Waals surface area contributed by atoms with Gasteiger partial charge in [-0.2, -0.15) is 0 Å². The van der Waals surface area contributed by atoms with Crippen LogP contribution in [0.3, 0.4) is 0 Å². The third kappa shape index (κ3) is 6.01. The van der Waals surface area contributed by atoms with Crippen molar-refractivity contribution in [2.45, 2.75) is 20.0 Å². The van der Waals surface area contributed by atoms with Crippen LogP contribution in [0.5, 0.6) is 5.75 Å². The fraction of sp³-hybridized carbons (Fsp3) is 0.357. The Bertz CT molecular complexity index is 562. The van der Waals surface area contributed by atoms with Crippen molar-refractivity contribution in [2.24, 2.45) is 11.7 Å². The predicted molar refractivity (Wildman–Crippen MR) is 79.4 cm³/mol. The van der Waals surface area contributed by atoms with Gasteiger partial charge in [-0.3, -0.25) is 10.1 Å². The van der Waals surface area contributed by atoms with Crippen LogP contribution in [0.4, 0.5) is 4.79 Å². The van der Waals surface area contributed by atoms with Crippen molar-refractivity contribution >= 4 is 29.5 Å². The zero-order chi connectivity index (χ0) is 16.7. The molecule has 1 aromatic carbocycles. The summed E-state index contributed by atoms with van der Waals surface area (Å²) in [6, 6.07) is 5.48. The molecule has 0 bridgehead atoms. The number of hydrogen-bond acceptors (Lipinski definition) is 5. The lowest BCUT2D eigenvalue weighted by atomic mass is 10.1. The topological polar surface area (TPSA) is 108 Å². The Morgan fingerprint density at radius 3 is 2.55 bits per heavy atom. The molecule has 3 N–H and O–H groups in total. The van der Waals surface area contributed by atoms with E-state index < -0.39 is 30.6 Å². The number of halogens is 1. The minimum absolute atomic E-state index is 0.338. The van der Waals surface area contributed by atoms with Gasteiger partial charge in [-0.25, -0.2) is 9.59 Å². The first-order valence-electron chi connectivity index (χ1n) is 6.47. The number of benzene rings is 1. The largest absolute Gasteiger partial charge is 0.482 e. The zero-order valence-corrected chi connectivity index (χ0v) is 12.9. The molecule has 0 fully saturated rings. The van der Waals surface area contributed by atoms with Gasteiger partial charge in [0.2, 0.25) is 0 Å². The first kappa shape index (κ1) is 17.8. The molecule has 7 nitrogen and oxygen atoms in total. The van der Waals surface area contributed by atoms with E-state index in [1.165, 1.54) is 6.07 Å². The summed E-state index contributed by atoms with van der Waals surface area (Å²) in [5.41, 5.74) is 4.86. The molecule has 0 spiro atoms. The molecule has 8 heteroatoms. The Kier molecular flexibility index (Phi) is 6.65. The van der Waals surface area contributed by atoms with Crippen molar-refractivity contribution in [2.75, 3.05) is 6.61 Å². The molecule has 1 aromatic rings. The quantitative estimate of drug-likeness (QED) is 0.769. The maximum Gasteiger partial charge on any atom is 0.344 e. The van der Waals surface area contributed by atoms with Gasteiger partial charge in [-0.05, 0) is 24.1 Å². The number of carbonyl (C=O) groups excluding carboxylic acids is 3. The van der Waals surface area contributed by atoms with Crippen molar-refractivity contribution in [1.29, 1.82) is 0 Å². The molecule has 0 saturated heterocycles. The van der Waals surface area contributed by atoms with Crippen molar-refractivity contribution in [3.8, 4) is 5.75 Å². The molecule has 22 heavy (non-hydrogen) atoms. The molecule has 3 amide bonds. The van der Waals surface area contributed by atoms with Gasteiger partial charge in [-0.15, -0.1) is 0 Å². The molecule has 0 unspecified atom stereocenters. The molecule has 0 heterocycles. The van der Waals surface area contributed by atoms with E-state index in [0.717, 1.165) is 0 Å². The lowest BCUT2D eigenvalue weighted by Crippen LogP contribution is -2.46. The van der Waals surface area contributed by atoms with Gasteiger partial charge in [0.05, 0.1) is 0 Å². The highest BCUT2D eigenvalue weighted by Crippen LogP contribution is 2.17. The van der Waals surface area contributed by atoms with E-state index in [0.29, 0.717) is 10.8 Å². The molecular weight excluding hydrogens is 312 g/mol. The van der Waals surface area contributed by atoms with Crippen LogP contribution in [0.2, 0.25) is 5.02 Å². The third-order valence-corrected chi connectivity index (χ3v) is 2.76. The van der Waals surface area contributed by atoms with Gasteiger partial charge >= 0.3 is 12.0 Å². The Morgan fingerprint density at radius 2 is 2.00 bits per heavy atom. The maximum atomic E-state index is 11.7. The second-order valence-electron chi connectivity index (χ2n) is 4.75. The lowest BCUT2D eigenvalue weighted by molar-refractivity contribution is -0.160. The first-order valence-corrected chi connectivity index (χ1v) is 6.85. The van der Waals surface area contributed by atoms with Crippen LogP contribution < -0.4 is 15.8 Å². The number of nitrogens with one attached hydrogen (secondary N) is 1. The summed E-state index contributed by atoms with van der Waals surface area (Å²) in [4.78, 5) is 34.1. The van der Waals surface area contributed by atoms with Crippen LogP contribution in [-0.4, -0.2) is 30.6 Å². The van der Waals surface area contributed by atoms with Crippen molar-refractivity contribution < 1.29 is 23.9 Å². The average Bonchev–Trinajstić information content (AvgIpc) is 2.41. The monoisotopic (exact) mass is 328 g/mol. The predicted octanol–water partition coefficient (Wildman–Crippen LogP) is 1.48. The molecule has 1 atom stereocenters. The molecular formula is C14H17ClN2O5. The summed E-state index contributed by atoms with van der Waals surface area (Å²) in [5.74, 6) is -1.47. The number of hydrogen-bond donors (Lipinski definition) is 2. The second-order valence-corrected chi connectivity index (χ2v) is 5.19. The van der Waals surface area contributed by atoms with Crippen molar-refractivity contribution in [1.82, 2.24) is 5.32 Å². The second kappa shape index (κ2) is 8.23. The fourth-order valence-corrected chi connectivity index (χ4v) is 1.74. The summed E-state index contributed by atoms with van der Waals surface area (Å²) in [6.07, 6.45) is -1.14. The number of nitrogens with two attached hydrogens (primary N) is 1. The molecule has 0 radical (unpaired) electrons. The summed E-state index contributed by atoms with van der Waals surface area (Å²) in [5, 5.41) is 2.34. The third-order valence-electron chi connectivity index (χ3n) is 2.52.